The lowest BCUT2D eigenvalue weighted by Crippen LogP contribution is -2.13. The molecule has 0 fully saturated rings. The van der Waals surface area contributed by atoms with Crippen LogP contribution in [-0.2, 0) is 9.53 Å². The van der Waals surface area contributed by atoms with Crippen LogP contribution >= 0.6 is 0 Å². The molecule has 82 valence electrons. The number of carbonyl (C=O) groups excluding carboxylic acids is 1. The molecule has 0 aliphatic carbocycles. The van der Waals surface area contributed by atoms with Gasteiger partial charge in [-0.3, -0.25) is 4.79 Å². The maximum Gasteiger partial charge on any atom is 0.303 e. The predicted octanol–water partition coefficient (Wildman–Crippen LogP) is 3.46. The lowest BCUT2D eigenvalue weighted by Gasteiger charge is -2.12. The van der Waals surface area contributed by atoms with Gasteiger partial charge in [-0.25, -0.2) is 0 Å². The van der Waals surface area contributed by atoms with Crippen molar-refractivity contribution in [2.24, 2.45) is 0 Å². The quantitative estimate of drug-likeness (QED) is 0.356. The molecule has 0 saturated carbocycles. The highest BCUT2D eigenvalue weighted by molar-refractivity contribution is 5.66. The van der Waals surface area contributed by atoms with Gasteiger partial charge in [-0.1, -0.05) is 32.3 Å². The van der Waals surface area contributed by atoms with E-state index in [0.717, 1.165) is 12.8 Å². The zero-order valence-corrected chi connectivity index (χ0v) is 9.58. The molecule has 0 heterocycles. The Bertz CT molecular complexity index is 173. The summed E-state index contributed by atoms with van der Waals surface area (Å²) >= 11 is 0. The maximum absolute atomic E-state index is 10.8. The van der Waals surface area contributed by atoms with Crippen LogP contribution in [-0.4, -0.2) is 12.1 Å². The molecule has 1 atom stereocenters. The first-order valence-electron chi connectivity index (χ1n) is 5.50. The first-order chi connectivity index (χ1) is 6.70. The molecule has 0 amide bonds. The maximum atomic E-state index is 10.8. The Labute approximate surface area is 87.3 Å². The molecule has 14 heavy (non-hydrogen) atoms. The van der Waals surface area contributed by atoms with Gasteiger partial charge in [0, 0.05) is 6.92 Å². The summed E-state index contributed by atoms with van der Waals surface area (Å²) in [6.07, 6.45) is 9.69. The number of allylic oxidation sites excluding steroid dienone is 1. The molecule has 0 rings (SSSR count). The van der Waals surface area contributed by atoms with E-state index in [9.17, 15) is 4.79 Å². The summed E-state index contributed by atoms with van der Waals surface area (Å²) in [5.74, 6) is -0.191. The van der Waals surface area contributed by atoms with Crippen molar-refractivity contribution >= 4 is 5.97 Å². The standard InChI is InChI=1S/C12H22O2/c1-4-6-7-8-10-12(9-5-2)14-11(3)13/h5,9,12H,4,6-8,10H2,1-3H3/b9-5+. The Kier molecular flexibility index (Phi) is 8.30. The Morgan fingerprint density at radius 3 is 2.57 bits per heavy atom. The largest absolute Gasteiger partial charge is 0.458 e. The molecule has 2 nitrogen and oxygen atoms in total. The van der Waals surface area contributed by atoms with E-state index >= 15 is 0 Å². The average Bonchev–Trinajstić information content (AvgIpc) is 2.12. The third-order valence-electron chi connectivity index (χ3n) is 2.07. The van der Waals surface area contributed by atoms with E-state index < -0.39 is 0 Å². The molecule has 0 aromatic carbocycles. The van der Waals surface area contributed by atoms with Gasteiger partial charge in [-0.05, 0) is 25.8 Å². The first-order valence-corrected chi connectivity index (χ1v) is 5.50. The Balaban J connectivity index is 3.67. The average molecular weight is 198 g/mol. The van der Waals surface area contributed by atoms with Gasteiger partial charge in [-0.2, -0.15) is 0 Å². The van der Waals surface area contributed by atoms with Gasteiger partial charge in [0.05, 0.1) is 0 Å². The molecule has 0 radical (unpaired) electrons. The fourth-order valence-electron chi connectivity index (χ4n) is 1.39. The van der Waals surface area contributed by atoms with Crippen molar-refractivity contribution < 1.29 is 9.53 Å². The second-order valence-electron chi connectivity index (χ2n) is 3.52. The summed E-state index contributed by atoms with van der Waals surface area (Å²) in [5.41, 5.74) is 0. The summed E-state index contributed by atoms with van der Waals surface area (Å²) in [6, 6.07) is 0. The van der Waals surface area contributed by atoms with Crippen molar-refractivity contribution in [1.29, 1.82) is 0 Å². The van der Waals surface area contributed by atoms with E-state index in [1.807, 2.05) is 19.1 Å². The Morgan fingerprint density at radius 2 is 2.07 bits per heavy atom. The minimum Gasteiger partial charge on any atom is -0.458 e. The van der Waals surface area contributed by atoms with Crippen LogP contribution in [0.4, 0.5) is 0 Å². The molecule has 0 spiro atoms. The van der Waals surface area contributed by atoms with Gasteiger partial charge in [0.1, 0.15) is 6.10 Å². The van der Waals surface area contributed by atoms with Crippen molar-refractivity contribution in [2.75, 3.05) is 0 Å². The molecular weight excluding hydrogens is 176 g/mol. The molecule has 0 aromatic rings. The van der Waals surface area contributed by atoms with E-state index in [4.69, 9.17) is 4.74 Å². The third kappa shape index (κ3) is 7.84. The highest BCUT2D eigenvalue weighted by atomic mass is 16.5. The molecule has 0 saturated heterocycles. The number of rotatable bonds is 7. The number of hydrogen-bond donors (Lipinski definition) is 0. The first kappa shape index (κ1) is 13.2. The lowest BCUT2D eigenvalue weighted by atomic mass is 10.1. The summed E-state index contributed by atoms with van der Waals surface area (Å²) in [7, 11) is 0. The van der Waals surface area contributed by atoms with Gasteiger partial charge >= 0.3 is 5.97 Å². The molecule has 1 unspecified atom stereocenters. The van der Waals surface area contributed by atoms with E-state index in [-0.39, 0.29) is 12.1 Å². The van der Waals surface area contributed by atoms with E-state index in [1.165, 1.54) is 26.2 Å². The number of hydrogen-bond acceptors (Lipinski definition) is 2. The van der Waals surface area contributed by atoms with E-state index in [1.54, 1.807) is 0 Å². The molecule has 2 heteroatoms. The summed E-state index contributed by atoms with van der Waals surface area (Å²) < 4.78 is 5.15. The van der Waals surface area contributed by atoms with Crippen LogP contribution in [0.5, 0.6) is 0 Å². The van der Waals surface area contributed by atoms with Crippen LogP contribution in [0.25, 0.3) is 0 Å². The Morgan fingerprint density at radius 1 is 1.36 bits per heavy atom. The zero-order valence-electron chi connectivity index (χ0n) is 9.58. The van der Waals surface area contributed by atoms with Gasteiger partial charge < -0.3 is 4.74 Å². The van der Waals surface area contributed by atoms with E-state index in [2.05, 4.69) is 6.92 Å². The fourth-order valence-corrected chi connectivity index (χ4v) is 1.39. The van der Waals surface area contributed by atoms with Crippen LogP contribution in [0.2, 0.25) is 0 Å². The second kappa shape index (κ2) is 8.79. The van der Waals surface area contributed by atoms with Crippen molar-refractivity contribution in [2.45, 2.75) is 59.0 Å². The SMILES string of the molecule is C/C=C/C(CCCCCC)OC(C)=O. The van der Waals surface area contributed by atoms with Crippen molar-refractivity contribution in [3.8, 4) is 0 Å². The lowest BCUT2D eigenvalue weighted by molar-refractivity contribution is -0.144. The van der Waals surface area contributed by atoms with Crippen LogP contribution in [0.1, 0.15) is 52.9 Å². The van der Waals surface area contributed by atoms with Crippen LogP contribution in [0, 0.1) is 0 Å². The van der Waals surface area contributed by atoms with Gasteiger partial charge in [-0.15, -0.1) is 0 Å². The predicted molar refractivity (Wildman–Crippen MR) is 59.1 cm³/mol. The van der Waals surface area contributed by atoms with Gasteiger partial charge in [0.25, 0.3) is 0 Å². The topological polar surface area (TPSA) is 26.3 Å². The molecule has 0 bridgehead atoms. The van der Waals surface area contributed by atoms with Crippen LogP contribution in [0.3, 0.4) is 0 Å². The smallest absolute Gasteiger partial charge is 0.303 e. The minimum atomic E-state index is -0.191. The van der Waals surface area contributed by atoms with Crippen molar-refractivity contribution in [1.82, 2.24) is 0 Å². The Hall–Kier alpha value is -0.790. The molecular formula is C12H22O2. The summed E-state index contributed by atoms with van der Waals surface area (Å²) in [4.78, 5) is 10.8. The van der Waals surface area contributed by atoms with Crippen molar-refractivity contribution in [3.63, 3.8) is 0 Å². The number of carbonyl (C=O) groups is 1. The monoisotopic (exact) mass is 198 g/mol. The number of ether oxygens (including phenoxy) is 1. The highest BCUT2D eigenvalue weighted by Crippen LogP contribution is 2.09. The van der Waals surface area contributed by atoms with Crippen LogP contribution < -0.4 is 0 Å². The molecule has 0 aromatic heterocycles. The number of esters is 1. The molecule has 0 N–H and O–H groups in total. The fraction of sp³-hybridized carbons (Fsp3) is 0.750. The zero-order chi connectivity index (χ0) is 10.8. The summed E-state index contributed by atoms with van der Waals surface area (Å²) in [5, 5.41) is 0. The second-order valence-corrected chi connectivity index (χ2v) is 3.52. The normalized spacial score (nSPS) is 13.1. The third-order valence-corrected chi connectivity index (χ3v) is 2.07. The van der Waals surface area contributed by atoms with E-state index in [0.29, 0.717) is 0 Å². The molecule has 0 aliphatic rings. The van der Waals surface area contributed by atoms with Gasteiger partial charge in [0.15, 0.2) is 0 Å². The minimum absolute atomic E-state index is 0.0191. The summed E-state index contributed by atoms with van der Waals surface area (Å²) in [6.45, 7) is 5.60. The van der Waals surface area contributed by atoms with Crippen LogP contribution in [0.15, 0.2) is 12.2 Å². The number of unbranched alkanes of at least 4 members (excludes halogenated alkanes) is 3. The molecule has 0 aliphatic heterocycles. The van der Waals surface area contributed by atoms with Crippen molar-refractivity contribution in [3.05, 3.63) is 12.2 Å². The van der Waals surface area contributed by atoms with Gasteiger partial charge in [0.2, 0.25) is 0 Å². The highest BCUT2D eigenvalue weighted by Gasteiger charge is 2.06.